The molecular weight excluding hydrogens is 344 g/mol. The molecule has 26 heavy (non-hydrogen) atoms. The number of nitrogens with zero attached hydrogens (tertiary/aromatic N) is 4. The number of amides is 1. The van der Waals surface area contributed by atoms with Gasteiger partial charge in [0.1, 0.15) is 16.8 Å². The summed E-state index contributed by atoms with van der Waals surface area (Å²) in [5.41, 5.74) is 0.549. The van der Waals surface area contributed by atoms with E-state index in [2.05, 4.69) is 10.0 Å². The van der Waals surface area contributed by atoms with Crippen molar-refractivity contribution in [2.45, 2.75) is 13.0 Å². The van der Waals surface area contributed by atoms with Crippen LogP contribution in [0, 0.1) is 10.1 Å². The average Bonchev–Trinajstić information content (AvgIpc) is 3.21. The van der Waals surface area contributed by atoms with Crippen LogP contribution in [0.3, 0.4) is 0 Å². The van der Waals surface area contributed by atoms with Crippen LogP contribution in [0.5, 0.6) is 0 Å². The van der Waals surface area contributed by atoms with Gasteiger partial charge in [-0.2, -0.15) is 10.1 Å². The van der Waals surface area contributed by atoms with E-state index in [4.69, 9.17) is 13.9 Å². The van der Waals surface area contributed by atoms with Crippen molar-refractivity contribution >= 4 is 23.8 Å². The van der Waals surface area contributed by atoms with Gasteiger partial charge < -0.3 is 13.9 Å². The zero-order valence-corrected chi connectivity index (χ0v) is 14.4. The lowest BCUT2D eigenvalue weighted by Crippen LogP contribution is -2.41. The van der Waals surface area contributed by atoms with E-state index in [-0.39, 0.29) is 12.0 Å². The summed E-state index contributed by atoms with van der Waals surface area (Å²) in [7, 11) is 0. The molecule has 140 valence electrons. The first kappa shape index (κ1) is 18.1. The third kappa shape index (κ3) is 4.67. The number of hydrogen-bond donors (Lipinski definition) is 0. The Balaban J connectivity index is 1.55. The topological polar surface area (TPSA) is 111 Å². The number of furan rings is 1. The van der Waals surface area contributed by atoms with Crippen LogP contribution in [0.2, 0.25) is 0 Å². The Bertz CT molecular complexity index is 722. The molecule has 0 aromatic carbocycles. The number of allylic oxidation sites excluding steroid dienone is 1. The molecule has 0 bridgehead atoms. The molecule has 10 heteroatoms. The average molecular weight is 364 g/mol. The molecule has 1 amide bonds. The van der Waals surface area contributed by atoms with Gasteiger partial charge in [-0.1, -0.05) is 0 Å². The fourth-order valence-electron chi connectivity index (χ4n) is 2.71. The van der Waals surface area contributed by atoms with Crippen LogP contribution >= 0.6 is 0 Å². The molecule has 2 saturated heterocycles. The second-order valence-electron chi connectivity index (χ2n) is 6.01. The number of hydrazone groups is 1. The molecule has 0 radical (unpaired) electrons. The minimum absolute atomic E-state index is 0.228. The second kappa shape index (κ2) is 8.11. The predicted octanol–water partition coefficient (Wildman–Crippen LogP) is 1.73. The standard InChI is InChI=1S/C16H20N4O6/c1-12(2-3-13-4-5-15(25-13)20(22)23)17-19-11-14(26-16(19)21)10-18-6-8-24-9-7-18/h2-5,14H,6-11H2,1H3/b3-2+,17-12?. The molecule has 2 fully saturated rings. The van der Waals surface area contributed by atoms with E-state index in [1.807, 2.05) is 0 Å². The minimum Gasteiger partial charge on any atom is -0.441 e. The lowest BCUT2D eigenvalue weighted by Gasteiger charge is -2.27. The zero-order chi connectivity index (χ0) is 18.5. The fraction of sp³-hybridized carbons (Fsp3) is 0.500. The lowest BCUT2D eigenvalue weighted by atomic mass is 10.3. The Morgan fingerprint density at radius 1 is 1.42 bits per heavy atom. The Hall–Kier alpha value is -2.72. The molecule has 0 spiro atoms. The monoisotopic (exact) mass is 364 g/mol. The summed E-state index contributed by atoms with van der Waals surface area (Å²) < 4.78 is 15.7. The normalized spacial score (nSPS) is 22.2. The highest BCUT2D eigenvalue weighted by molar-refractivity contribution is 5.96. The van der Waals surface area contributed by atoms with Crippen LogP contribution in [-0.4, -0.2) is 72.1 Å². The third-order valence-electron chi connectivity index (χ3n) is 3.98. The zero-order valence-electron chi connectivity index (χ0n) is 14.4. The molecule has 1 atom stereocenters. The van der Waals surface area contributed by atoms with Gasteiger partial charge in [-0.05, 0) is 25.1 Å². The summed E-state index contributed by atoms with van der Waals surface area (Å²) in [6, 6.07) is 2.77. The number of ether oxygens (including phenoxy) is 2. The van der Waals surface area contributed by atoms with Crippen LogP contribution in [0.1, 0.15) is 12.7 Å². The molecular formula is C16H20N4O6. The Kier molecular flexibility index (Phi) is 5.64. The first-order chi connectivity index (χ1) is 12.5. The van der Waals surface area contributed by atoms with Crippen LogP contribution in [0.4, 0.5) is 10.7 Å². The third-order valence-corrected chi connectivity index (χ3v) is 3.98. The maximum atomic E-state index is 12.0. The Morgan fingerprint density at radius 2 is 2.19 bits per heavy atom. The Labute approximate surface area is 149 Å². The molecule has 1 aromatic rings. The quantitative estimate of drug-likeness (QED) is 0.429. The van der Waals surface area contributed by atoms with Crippen molar-refractivity contribution in [2.24, 2.45) is 5.10 Å². The molecule has 0 N–H and O–H groups in total. The molecule has 3 heterocycles. The van der Waals surface area contributed by atoms with E-state index >= 15 is 0 Å². The predicted molar refractivity (Wildman–Crippen MR) is 91.7 cm³/mol. The van der Waals surface area contributed by atoms with E-state index in [1.165, 1.54) is 17.1 Å². The van der Waals surface area contributed by atoms with Crippen molar-refractivity contribution < 1.29 is 23.6 Å². The summed E-state index contributed by atoms with van der Waals surface area (Å²) >= 11 is 0. The number of rotatable bonds is 6. The number of carbonyl (C=O) groups is 1. The second-order valence-corrected chi connectivity index (χ2v) is 6.01. The molecule has 0 saturated carbocycles. The number of cyclic esters (lactones) is 1. The maximum Gasteiger partial charge on any atom is 0.433 e. The van der Waals surface area contributed by atoms with Crippen molar-refractivity contribution in [1.29, 1.82) is 0 Å². The van der Waals surface area contributed by atoms with Crippen LogP contribution < -0.4 is 0 Å². The first-order valence-electron chi connectivity index (χ1n) is 8.27. The molecule has 10 nitrogen and oxygen atoms in total. The van der Waals surface area contributed by atoms with Gasteiger partial charge in [-0.3, -0.25) is 15.0 Å². The smallest absolute Gasteiger partial charge is 0.433 e. The van der Waals surface area contributed by atoms with Crippen molar-refractivity contribution in [1.82, 2.24) is 9.91 Å². The highest BCUT2D eigenvalue weighted by Crippen LogP contribution is 2.17. The van der Waals surface area contributed by atoms with Crippen molar-refractivity contribution in [2.75, 3.05) is 39.4 Å². The Morgan fingerprint density at radius 3 is 2.88 bits per heavy atom. The van der Waals surface area contributed by atoms with Crippen LogP contribution in [-0.2, 0) is 9.47 Å². The van der Waals surface area contributed by atoms with E-state index in [1.54, 1.807) is 19.1 Å². The number of carbonyl (C=O) groups excluding carboxylic acids is 1. The number of morpholine rings is 1. The van der Waals surface area contributed by atoms with Gasteiger partial charge in [0.05, 0.1) is 31.5 Å². The molecule has 2 aliphatic heterocycles. The van der Waals surface area contributed by atoms with Crippen molar-refractivity contribution in [3.05, 3.63) is 34.1 Å². The molecule has 1 aromatic heterocycles. The fourth-order valence-corrected chi connectivity index (χ4v) is 2.71. The van der Waals surface area contributed by atoms with E-state index in [9.17, 15) is 14.9 Å². The highest BCUT2D eigenvalue weighted by atomic mass is 16.6. The van der Waals surface area contributed by atoms with Gasteiger partial charge in [0.25, 0.3) is 0 Å². The van der Waals surface area contributed by atoms with E-state index in [0.717, 1.165) is 13.1 Å². The highest BCUT2D eigenvalue weighted by Gasteiger charge is 2.32. The molecule has 0 aliphatic carbocycles. The summed E-state index contributed by atoms with van der Waals surface area (Å²) in [6.07, 6.45) is 2.46. The first-order valence-corrected chi connectivity index (χ1v) is 8.27. The largest absolute Gasteiger partial charge is 0.441 e. The number of nitro groups is 1. The van der Waals surface area contributed by atoms with Crippen molar-refractivity contribution in [3.63, 3.8) is 0 Å². The maximum absolute atomic E-state index is 12.0. The van der Waals surface area contributed by atoms with E-state index < -0.39 is 11.0 Å². The van der Waals surface area contributed by atoms with Crippen LogP contribution in [0.15, 0.2) is 27.7 Å². The van der Waals surface area contributed by atoms with Gasteiger partial charge in [0.15, 0.2) is 0 Å². The van der Waals surface area contributed by atoms with Gasteiger partial charge in [0.2, 0.25) is 0 Å². The van der Waals surface area contributed by atoms with E-state index in [0.29, 0.717) is 37.8 Å². The van der Waals surface area contributed by atoms with Crippen molar-refractivity contribution in [3.8, 4) is 0 Å². The minimum atomic E-state index is -0.604. The molecule has 2 aliphatic rings. The van der Waals surface area contributed by atoms with Gasteiger partial charge >= 0.3 is 12.0 Å². The van der Waals surface area contributed by atoms with Gasteiger partial charge in [-0.25, -0.2) is 4.79 Å². The molecule has 3 rings (SSSR count). The van der Waals surface area contributed by atoms with Gasteiger partial charge in [0, 0.05) is 19.6 Å². The summed E-state index contributed by atoms with van der Waals surface area (Å²) in [5, 5.41) is 16.1. The van der Waals surface area contributed by atoms with Gasteiger partial charge in [-0.15, -0.1) is 0 Å². The number of hydrogen-bond acceptors (Lipinski definition) is 8. The summed E-state index contributed by atoms with van der Waals surface area (Å²) in [4.78, 5) is 24.1. The summed E-state index contributed by atoms with van der Waals surface area (Å²) in [5.74, 6) is 0.00811. The lowest BCUT2D eigenvalue weighted by molar-refractivity contribution is -0.402. The molecule has 1 unspecified atom stereocenters. The summed E-state index contributed by atoms with van der Waals surface area (Å²) in [6.45, 7) is 5.80. The SMILES string of the molecule is CC(/C=C/c1ccc([N+](=O)[O-])o1)=NN1CC(CN2CCOCC2)OC1=O. The van der Waals surface area contributed by atoms with Crippen LogP contribution in [0.25, 0.3) is 6.08 Å².